The molecule has 0 aliphatic carbocycles. The molecule has 0 spiro atoms. The Balaban J connectivity index is 2.05. The molecule has 3 rings (SSSR count). The Morgan fingerprint density at radius 3 is 2.61 bits per heavy atom. The first-order valence-electron chi connectivity index (χ1n) is 9.18. The van der Waals surface area contributed by atoms with Crippen molar-refractivity contribution in [3.8, 4) is 11.1 Å². The van der Waals surface area contributed by atoms with E-state index in [0.29, 0.717) is 24.1 Å². The molecule has 28 heavy (non-hydrogen) atoms. The number of anilines is 1. The van der Waals surface area contributed by atoms with Crippen molar-refractivity contribution >= 4 is 27.8 Å². The molecule has 152 valence electrons. The van der Waals surface area contributed by atoms with Crippen molar-refractivity contribution in [2.75, 3.05) is 46.2 Å². The molecule has 0 amide bonds. The fourth-order valence-electron chi connectivity index (χ4n) is 3.40. The fraction of sp³-hybridized carbons (Fsp3) is 0.474. The second-order valence-electron chi connectivity index (χ2n) is 7.36. The third-order valence-corrected chi connectivity index (χ3v) is 7.04. The van der Waals surface area contributed by atoms with Gasteiger partial charge in [0.2, 0.25) is 5.95 Å². The first kappa shape index (κ1) is 21.0. The quantitative estimate of drug-likeness (QED) is 0.739. The van der Waals surface area contributed by atoms with Gasteiger partial charge in [0.1, 0.15) is 0 Å². The second kappa shape index (κ2) is 8.32. The molecule has 0 saturated carbocycles. The van der Waals surface area contributed by atoms with Crippen LogP contribution in [0.5, 0.6) is 0 Å². The highest BCUT2D eigenvalue weighted by atomic mass is 35.5. The van der Waals surface area contributed by atoms with Crippen LogP contribution in [-0.4, -0.2) is 68.3 Å². The minimum Gasteiger partial charge on any atom is -0.347 e. The minimum absolute atomic E-state index is 0.0147. The number of hydrogen-bond acceptors (Lipinski definition) is 5. The van der Waals surface area contributed by atoms with E-state index in [4.69, 9.17) is 16.6 Å². The van der Waals surface area contributed by atoms with Gasteiger partial charge in [-0.15, -0.1) is 0 Å². The lowest BCUT2D eigenvalue weighted by atomic mass is 9.91. The maximum absolute atomic E-state index is 12.6. The van der Waals surface area contributed by atoms with Crippen molar-refractivity contribution in [1.82, 2.24) is 18.6 Å². The van der Waals surface area contributed by atoms with Gasteiger partial charge in [-0.2, -0.15) is 17.0 Å². The molecule has 0 radical (unpaired) electrons. The van der Waals surface area contributed by atoms with E-state index in [1.54, 1.807) is 18.4 Å². The topological polar surface area (TPSA) is 69.6 Å². The zero-order chi connectivity index (χ0) is 20.5. The summed E-state index contributed by atoms with van der Waals surface area (Å²) in [5.74, 6) is 0.590. The maximum atomic E-state index is 12.6. The summed E-state index contributed by atoms with van der Waals surface area (Å²) in [5, 5.41) is 0.639. The molecule has 7 nitrogen and oxygen atoms in total. The molecule has 1 aromatic heterocycles. The van der Waals surface area contributed by atoms with E-state index >= 15 is 0 Å². The molecule has 9 heteroatoms. The summed E-state index contributed by atoms with van der Waals surface area (Å²) in [7, 11) is 3.44. The molecule has 0 bridgehead atoms. The number of aromatic nitrogens is 2. The molecule has 1 saturated heterocycles. The average Bonchev–Trinajstić information content (AvgIpc) is 2.67. The molecule has 1 atom stereocenters. The molecule has 0 unspecified atom stereocenters. The molecule has 2 aromatic rings. The van der Waals surface area contributed by atoms with Crippen LogP contribution in [-0.2, 0) is 10.2 Å². The van der Waals surface area contributed by atoms with Gasteiger partial charge in [0.25, 0.3) is 10.2 Å². The van der Waals surface area contributed by atoms with Crippen LogP contribution in [0.2, 0.25) is 5.02 Å². The number of nitrogens with zero attached hydrogens (tertiary/aromatic N) is 5. The maximum Gasteiger partial charge on any atom is 0.281 e. The van der Waals surface area contributed by atoms with Crippen molar-refractivity contribution in [1.29, 1.82) is 0 Å². The minimum atomic E-state index is -3.46. The van der Waals surface area contributed by atoms with Crippen LogP contribution in [0.4, 0.5) is 5.95 Å². The number of benzene rings is 1. The average molecular weight is 424 g/mol. The van der Waals surface area contributed by atoms with E-state index in [1.165, 1.54) is 4.31 Å². The van der Waals surface area contributed by atoms with E-state index < -0.39 is 10.2 Å². The third-order valence-electron chi connectivity index (χ3n) is 4.90. The van der Waals surface area contributed by atoms with Gasteiger partial charge in [-0.1, -0.05) is 23.7 Å². The summed E-state index contributed by atoms with van der Waals surface area (Å²) in [4.78, 5) is 11.1. The standard InChI is InChI=1S/C19H26ClN5O2S/c1-23(2)19-21-12-17(14-7-5-9-16(20)11-14)18(22-19)15-8-6-10-25(13-15)28(26,27)24(3)4/h5,7,9,11-12,15H,6,8,10,13H2,1-4H3/t15-/m1/s1. The second-order valence-corrected chi connectivity index (χ2v) is 9.94. The van der Waals surface area contributed by atoms with Crippen LogP contribution in [0.1, 0.15) is 24.5 Å². The Morgan fingerprint density at radius 1 is 1.21 bits per heavy atom. The number of halogens is 1. The van der Waals surface area contributed by atoms with Crippen LogP contribution in [0.25, 0.3) is 11.1 Å². The van der Waals surface area contributed by atoms with E-state index in [0.717, 1.165) is 29.7 Å². The Labute approximate surface area is 172 Å². The smallest absolute Gasteiger partial charge is 0.281 e. The highest BCUT2D eigenvalue weighted by Gasteiger charge is 2.33. The van der Waals surface area contributed by atoms with Gasteiger partial charge in [0.05, 0.1) is 5.69 Å². The summed E-state index contributed by atoms with van der Waals surface area (Å²) in [6.45, 7) is 0.924. The van der Waals surface area contributed by atoms with Crippen molar-refractivity contribution in [2.45, 2.75) is 18.8 Å². The van der Waals surface area contributed by atoms with Crippen LogP contribution < -0.4 is 4.90 Å². The summed E-state index contributed by atoms with van der Waals surface area (Å²) < 4.78 is 28.1. The summed E-state index contributed by atoms with van der Waals surface area (Å²) in [6.07, 6.45) is 3.47. The van der Waals surface area contributed by atoms with Gasteiger partial charge in [0, 0.05) is 64.0 Å². The molecule has 0 N–H and O–H groups in total. The summed E-state index contributed by atoms with van der Waals surface area (Å²) >= 11 is 6.19. The number of piperidine rings is 1. The van der Waals surface area contributed by atoms with Gasteiger partial charge < -0.3 is 4.90 Å². The van der Waals surface area contributed by atoms with Crippen molar-refractivity contribution in [3.63, 3.8) is 0 Å². The predicted molar refractivity (Wildman–Crippen MR) is 113 cm³/mol. The van der Waals surface area contributed by atoms with Crippen LogP contribution >= 0.6 is 11.6 Å². The van der Waals surface area contributed by atoms with Crippen LogP contribution in [0, 0.1) is 0 Å². The molecule has 1 aromatic carbocycles. The zero-order valence-electron chi connectivity index (χ0n) is 16.6. The van der Waals surface area contributed by atoms with Gasteiger partial charge in [-0.25, -0.2) is 9.97 Å². The highest BCUT2D eigenvalue weighted by Crippen LogP contribution is 2.35. The first-order chi connectivity index (χ1) is 13.2. The molecule has 1 aliphatic heterocycles. The van der Waals surface area contributed by atoms with E-state index in [2.05, 4.69) is 4.98 Å². The first-order valence-corrected chi connectivity index (χ1v) is 11.0. The molecular weight excluding hydrogens is 398 g/mol. The number of hydrogen-bond donors (Lipinski definition) is 0. The van der Waals surface area contributed by atoms with Gasteiger partial charge in [-0.3, -0.25) is 0 Å². The van der Waals surface area contributed by atoms with E-state index in [1.807, 2.05) is 49.5 Å². The molecule has 2 heterocycles. The Kier molecular flexibility index (Phi) is 6.24. The Hall–Kier alpha value is -1.74. The Bertz CT molecular complexity index is 949. The predicted octanol–water partition coefficient (Wildman–Crippen LogP) is 2.85. The Morgan fingerprint density at radius 2 is 1.96 bits per heavy atom. The third kappa shape index (κ3) is 4.30. The van der Waals surface area contributed by atoms with Crippen molar-refractivity contribution < 1.29 is 8.42 Å². The normalized spacial score (nSPS) is 18.4. The van der Waals surface area contributed by atoms with Crippen molar-refractivity contribution in [2.24, 2.45) is 0 Å². The zero-order valence-corrected chi connectivity index (χ0v) is 18.2. The SMILES string of the molecule is CN(C)c1ncc(-c2cccc(Cl)c2)c([C@@H]2CCCN(S(=O)(=O)N(C)C)C2)n1. The lowest BCUT2D eigenvalue weighted by Crippen LogP contribution is -2.45. The van der Waals surface area contributed by atoms with Crippen LogP contribution in [0.15, 0.2) is 30.5 Å². The highest BCUT2D eigenvalue weighted by molar-refractivity contribution is 7.86. The summed E-state index contributed by atoms with van der Waals surface area (Å²) in [5.41, 5.74) is 2.68. The van der Waals surface area contributed by atoms with Gasteiger partial charge in [-0.05, 0) is 30.5 Å². The van der Waals surface area contributed by atoms with E-state index in [9.17, 15) is 8.42 Å². The van der Waals surface area contributed by atoms with Crippen LogP contribution in [0.3, 0.4) is 0 Å². The van der Waals surface area contributed by atoms with E-state index in [-0.39, 0.29) is 5.92 Å². The van der Waals surface area contributed by atoms with Gasteiger partial charge >= 0.3 is 0 Å². The largest absolute Gasteiger partial charge is 0.347 e. The fourth-order valence-corrected chi connectivity index (χ4v) is 4.78. The summed E-state index contributed by atoms with van der Waals surface area (Å²) in [6, 6.07) is 7.58. The van der Waals surface area contributed by atoms with Gasteiger partial charge in [0.15, 0.2) is 0 Å². The molecule has 1 fully saturated rings. The molecular formula is C19H26ClN5O2S. The number of rotatable bonds is 5. The molecule has 1 aliphatic rings. The lowest BCUT2D eigenvalue weighted by Gasteiger charge is -2.34. The monoisotopic (exact) mass is 423 g/mol. The lowest BCUT2D eigenvalue weighted by molar-refractivity contribution is 0.296. The van der Waals surface area contributed by atoms with Crippen molar-refractivity contribution in [3.05, 3.63) is 41.2 Å².